The van der Waals surface area contributed by atoms with Crippen molar-refractivity contribution in [2.24, 2.45) is 0 Å². The minimum atomic E-state index is 0.762. The summed E-state index contributed by atoms with van der Waals surface area (Å²) in [4.78, 5) is 10.9. The molecule has 0 aliphatic carbocycles. The summed E-state index contributed by atoms with van der Waals surface area (Å²) in [5.41, 5.74) is 1.89. The number of fused-ring (bicyclic) bond motifs is 1. The molecule has 2 aromatic carbocycles. The molecule has 1 nitrogen and oxygen atoms in total. The van der Waals surface area contributed by atoms with E-state index in [1.165, 1.54) is 0 Å². The molecule has 2 heteroatoms. The molecule has 14 heavy (non-hydrogen) atoms. The van der Waals surface area contributed by atoms with E-state index in [0.29, 0.717) is 0 Å². The maximum atomic E-state index is 10.9. The molecule has 70 valence electrons. The van der Waals surface area contributed by atoms with E-state index in [-0.39, 0.29) is 0 Å². The van der Waals surface area contributed by atoms with Crippen LogP contribution in [-0.4, -0.2) is 6.29 Å². The van der Waals surface area contributed by atoms with E-state index >= 15 is 0 Å². The van der Waals surface area contributed by atoms with Gasteiger partial charge < -0.3 is 0 Å². The number of hydrogen-bond acceptors (Lipinski definition) is 1. The largest absolute Gasteiger partial charge is 0.298 e. The Balaban J connectivity index is 2.79. The molecule has 0 bridgehead atoms. The van der Waals surface area contributed by atoms with Crippen LogP contribution in [0.15, 0.2) is 36.4 Å². The smallest absolute Gasteiger partial charge is 0.150 e. The maximum absolute atomic E-state index is 10.9. The molecule has 0 saturated heterocycles. The Morgan fingerprint density at radius 2 is 2.00 bits per heavy atom. The number of hydrogen-bond donors (Lipinski definition) is 0. The first kappa shape index (κ1) is 9.41. The van der Waals surface area contributed by atoms with Crippen LogP contribution in [0.3, 0.4) is 0 Å². The van der Waals surface area contributed by atoms with E-state index in [2.05, 4.69) is 22.0 Å². The molecule has 0 aromatic heterocycles. The van der Waals surface area contributed by atoms with Gasteiger partial charge in [0, 0.05) is 10.9 Å². The first-order valence-electron chi connectivity index (χ1n) is 4.38. The second-order valence-electron chi connectivity index (χ2n) is 3.16. The van der Waals surface area contributed by atoms with Crippen LogP contribution in [0.25, 0.3) is 10.8 Å². The number of aldehydes is 1. The zero-order chi connectivity index (χ0) is 9.97. The van der Waals surface area contributed by atoms with E-state index in [4.69, 9.17) is 0 Å². The Hall–Kier alpha value is -1.15. The van der Waals surface area contributed by atoms with Crippen LogP contribution in [0.1, 0.15) is 15.9 Å². The standard InChI is InChI=1S/C12H9BrO/c13-7-9-5-10-3-1-2-4-12(10)11(6-9)8-14/h1-6,8H,7H2. The summed E-state index contributed by atoms with van der Waals surface area (Å²) in [6.45, 7) is 0. The van der Waals surface area contributed by atoms with E-state index in [9.17, 15) is 4.79 Å². The van der Waals surface area contributed by atoms with Crippen molar-refractivity contribution in [2.45, 2.75) is 5.33 Å². The van der Waals surface area contributed by atoms with E-state index in [1.807, 2.05) is 30.3 Å². The fourth-order valence-corrected chi connectivity index (χ4v) is 1.90. The number of alkyl halides is 1. The molecule has 0 heterocycles. The highest BCUT2D eigenvalue weighted by molar-refractivity contribution is 9.08. The second kappa shape index (κ2) is 3.93. The van der Waals surface area contributed by atoms with Crippen molar-refractivity contribution < 1.29 is 4.79 Å². The monoisotopic (exact) mass is 248 g/mol. The number of rotatable bonds is 2. The van der Waals surface area contributed by atoms with Crippen molar-refractivity contribution >= 4 is 33.0 Å². The lowest BCUT2D eigenvalue weighted by molar-refractivity contribution is 0.112. The molecule has 0 saturated carbocycles. The molecule has 0 atom stereocenters. The van der Waals surface area contributed by atoms with Gasteiger partial charge in [-0.15, -0.1) is 0 Å². The van der Waals surface area contributed by atoms with Gasteiger partial charge in [-0.3, -0.25) is 4.79 Å². The lowest BCUT2D eigenvalue weighted by Gasteiger charge is -2.03. The van der Waals surface area contributed by atoms with Gasteiger partial charge in [0.1, 0.15) is 0 Å². The zero-order valence-corrected chi connectivity index (χ0v) is 9.12. The molecule has 0 fully saturated rings. The third-order valence-corrected chi connectivity index (χ3v) is 2.88. The topological polar surface area (TPSA) is 17.1 Å². The molecule has 0 unspecified atom stereocenters. The van der Waals surface area contributed by atoms with Gasteiger partial charge in [0.2, 0.25) is 0 Å². The van der Waals surface area contributed by atoms with E-state index < -0.39 is 0 Å². The number of carbonyl (C=O) groups excluding carboxylic acids is 1. The minimum absolute atomic E-state index is 0.762. The van der Waals surface area contributed by atoms with E-state index in [0.717, 1.165) is 33.5 Å². The molecule has 0 spiro atoms. The predicted octanol–water partition coefficient (Wildman–Crippen LogP) is 3.55. The average molecular weight is 249 g/mol. The molecule has 0 aliphatic rings. The van der Waals surface area contributed by atoms with E-state index in [1.54, 1.807) is 0 Å². The molecule has 0 aliphatic heterocycles. The number of halogens is 1. The molecule has 2 rings (SSSR count). The highest BCUT2D eigenvalue weighted by Crippen LogP contribution is 2.21. The van der Waals surface area contributed by atoms with Crippen LogP contribution in [0, 0.1) is 0 Å². The highest BCUT2D eigenvalue weighted by Gasteiger charge is 2.01. The molecule has 0 amide bonds. The van der Waals surface area contributed by atoms with Gasteiger partial charge in [-0.1, -0.05) is 46.3 Å². The highest BCUT2D eigenvalue weighted by atomic mass is 79.9. The normalized spacial score (nSPS) is 10.4. The van der Waals surface area contributed by atoms with Crippen molar-refractivity contribution in [3.63, 3.8) is 0 Å². The van der Waals surface area contributed by atoms with Crippen molar-refractivity contribution in [3.8, 4) is 0 Å². The van der Waals surface area contributed by atoms with Crippen LogP contribution in [0.4, 0.5) is 0 Å². The third-order valence-electron chi connectivity index (χ3n) is 2.23. The van der Waals surface area contributed by atoms with Gasteiger partial charge in [-0.05, 0) is 22.4 Å². The summed E-state index contributed by atoms with van der Waals surface area (Å²) >= 11 is 3.39. The van der Waals surface area contributed by atoms with Crippen molar-refractivity contribution in [1.82, 2.24) is 0 Å². The van der Waals surface area contributed by atoms with Gasteiger partial charge in [-0.25, -0.2) is 0 Å². The van der Waals surface area contributed by atoms with Gasteiger partial charge >= 0.3 is 0 Å². The molecule has 2 aromatic rings. The molecular formula is C12H9BrO. The quantitative estimate of drug-likeness (QED) is 0.587. The fraction of sp³-hybridized carbons (Fsp3) is 0.0833. The second-order valence-corrected chi connectivity index (χ2v) is 3.72. The summed E-state index contributed by atoms with van der Waals surface area (Å²) in [6, 6.07) is 11.9. The Kier molecular flexibility index (Phi) is 2.64. The van der Waals surface area contributed by atoms with Crippen LogP contribution < -0.4 is 0 Å². The third kappa shape index (κ3) is 1.58. The number of carbonyl (C=O) groups is 1. The summed E-state index contributed by atoms with van der Waals surface area (Å²) < 4.78 is 0. The van der Waals surface area contributed by atoms with Crippen LogP contribution in [0.5, 0.6) is 0 Å². The maximum Gasteiger partial charge on any atom is 0.150 e. The summed E-state index contributed by atoms with van der Waals surface area (Å²) in [5, 5.41) is 2.91. The summed E-state index contributed by atoms with van der Waals surface area (Å²) in [7, 11) is 0. The Morgan fingerprint density at radius 1 is 1.21 bits per heavy atom. The molecular weight excluding hydrogens is 240 g/mol. The van der Waals surface area contributed by atoms with Crippen LogP contribution in [0.2, 0.25) is 0 Å². The minimum Gasteiger partial charge on any atom is -0.298 e. The molecule has 0 N–H and O–H groups in total. The number of benzene rings is 2. The first-order valence-corrected chi connectivity index (χ1v) is 5.50. The van der Waals surface area contributed by atoms with Gasteiger partial charge in [0.25, 0.3) is 0 Å². The zero-order valence-electron chi connectivity index (χ0n) is 7.53. The average Bonchev–Trinajstić information content (AvgIpc) is 2.27. The van der Waals surface area contributed by atoms with Gasteiger partial charge in [0.15, 0.2) is 6.29 Å². The first-order chi connectivity index (χ1) is 6.85. The lowest BCUT2D eigenvalue weighted by atomic mass is 10.0. The van der Waals surface area contributed by atoms with Crippen molar-refractivity contribution in [2.75, 3.05) is 0 Å². The molecule has 0 radical (unpaired) electrons. The summed E-state index contributed by atoms with van der Waals surface area (Å²) in [5.74, 6) is 0. The van der Waals surface area contributed by atoms with Gasteiger partial charge in [0.05, 0.1) is 0 Å². The predicted molar refractivity (Wildman–Crippen MR) is 62.0 cm³/mol. The van der Waals surface area contributed by atoms with Crippen molar-refractivity contribution in [3.05, 3.63) is 47.5 Å². The Bertz CT molecular complexity index is 477. The van der Waals surface area contributed by atoms with Gasteiger partial charge in [-0.2, -0.15) is 0 Å². The fourth-order valence-electron chi connectivity index (χ4n) is 1.58. The van der Waals surface area contributed by atoms with Crippen LogP contribution in [-0.2, 0) is 5.33 Å². The summed E-state index contributed by atoms with van der Waals surface area (Å²) in [6.07, 6.45) is 0.911. The van der Waals surface area contributed by atoms with Crippen molar-refractivity contribution in [1.29, 1.82) is 0 Å². The lowest BCUT2D eigenvalue weighted by Crippen LogP contribution is -1.87. The SMILES string of the molecule is O=Cc1cc(CBr)cc2ccccc12. The van der Waals surface area contributed by atoms with Crippen LogP contribution >= 0.6 is 15.9 Å². The Labute approximate surface area is 90.9 Å². The Morgan fingerprint density at radius 3 is 2.71 bits per heavy atom.